The summed E-state index contributed by atoms with van der Waals surface area (Å²) < 4.78 is 17.8. The van der Waals surface area contributed by atoms with Crippen molar-refractivity contribution in [1.29, 1.82) is 0 Å². The second-order valence-corrected chi connectivity index (χ2v) is 10.9. The first-order chi connectivity index (χ1) is 12.9. The van der Waals surface area contributed by atoms with Crippen molar-refractivity contribution < 1.29 is 14.2 Å². The third-order valence-electron chi connectivity index (χ3n) is 5.43. The van der Waals surface area contributed by atoms with Crippen LogP contribution in [0.1, 0.15) is 39.2 Å². The maximum atomic E-state index is 6.14. The van der Waals surface area contributed by atoms with Crippen LogP contribution in [0.4, 0.5) is 0 Å². The van der Waals surface area contributed by atoms with Gasteiger partial charge in [0.2, 0.25) is 0 Å². The Kier molecular flexibility index (Phi) is 5.13. The van der Waals surface area contributed by atoms with Gasteiger partial charge in [0.1, 0.15) is 16.8 Å². The summed E-state index contributed by atoms with van der Waals surface area (Å²) in [6.07, 6.45) is 0. The SMILES string of the molecule is CC(c1ccc2c(c1)Oc1ccccc1O2)C([S+]1CCOCC1)C(C)(C)C. The molecule has 0 spiro atoms. The van der Waals surface area contributed by atoms with Crippen molar-refractivity contribution in [3.05, 3.63) is 48.0 Å². The van der Waals surface area contributed by atoms with Crippen molar-refractivity contribution in [3.63, 3.8) is 0 Å². The van der Waals surface area contributed by atoms with E-state index in [0.717, 1.165) is 36.2 Å². The fourth-order valence-corrected chi connectivity index (χ4v) is 7.44. The molecule has 2 aromatic carbocycles. The number of fused-ring (bicyclic) bond motifs is 2. The third-order valence-corrected chi connectivity index (χ3v) is 8.64. The zero-order chi connectivity index (χ0) is 19.0. The minimum atomic E-state index is 0.250. The van der Waals surface area contributed by atoms with Gasteiger partial charge < -0.3 is 14.2 Å². The molecule has 1 saturated heterocycles. The molecule has 2 aromatic rings. The Morgan fingerprint density at radius 3 is 2.07 bits per heavy atom. The van der Waals surface area contributed by atoms with Gasteiger partial charge in [0.15, 0.2) is 23.0 Å². The minimum absolute atomic E-state index is 0.250. The lowest BCUT2D eigenvalue weighted by Gasteiger charge is -2.36. The number of para-hydroxylation sites is 2. The smallest absolute Gasteiger partial charge is 0.170 e. The van der Waals surface area contributed by atoms with Crippen molar-refractivity contribution >= 4 is 10.9 Å². The van der Waals surface area contributed by atoms with E-state index in [0.29, 0.717) is 22.1 Å². The van der Waals surface area contributed by atoms with Crippen LogP contribution in [0.2, 0.25) is 0 Å². The van der Waals surface area contributed by atoms with E-state index in [1.54, 1.807) is 0 Å². The van der Waals surface area contributed by atoms with Crippen LogP contribution in [-0.2, 0) is 15.6 Å². The average Bonchev–Trinajstić information content (AvgIpc) is 2.65. The van der Waals surface area contributed by atoms with Crippen LogP contribution in [0.25, 0.3) is 0 Å². The van der Waals surface area contributed by atoms with Gasteiger partial charge >= 0.3 is 0 Å². The molecule has 144 valence electrons. The predicted octanol–water partition coefficient (Wildman–Crippen LogP) is 5.75. The largest absolute Gasteiger partial charge is 0.450 e. The lowest BCUT2D eigenvalue weighted by atomic mass is 9.81. The van der Waals surface area contributed by atoms with E-state index >= 15 is 0 Å². The lowest BCUT2D eigenvalue weighted by Crippen LogP contribution is -2.45. The Morgan fingerprint density at radius 2 is 1.44 bits per heavy atom. The van der Waals surface area contributed by atoms with Gasteiger partial charge in [-0.25, -0.2) is 0 Å². The molecular weight excluding hydrogens is 356 g/mol. The highest BCUT2D eigenvalue weighted by molar-refractivity contribution is 7.97. The van der Waals surface area contributed by atoms with Gasteiger partial charge in [0.25, 0.3) is 0 Å². The van der Waals surface area contributed by atoms with Crippen LogP contribution >= 0.6 is 0 Å². The molecule has 2 heterocycles. The molecule has 2 unspecified atom stereocenters. The van der Waals surface area contributed by atoms with E-state index in [-0.39, 0.29) is 5.41 Å². The Labute approximate surface area is 165 Å². The maximum absolute atomic E-state index is 6.14. The first kappa shape index (κ1) is 18.7. The summed E-state index contributed by atoms with van der Waals surface area (Å²) >= 11 is 0. The summed E-state index contributed by atoms with van der Waals surface area (Å²) in [5.74, 6) is 6.01. The molecule has 2 aliphatic heterocycles. The predicted molar refractivity (Wildman–Crippen MR) is 113 cm³/mol. The van der Waals surface area contributed by atoms with Crippen LogP contribution < -0.4 is 9.47 Å². The zero-order valence-electron chi connectivity index (χ0n) is 16.7. The molecule has 0 saturated carbocycles. The summed E-state index contributed by atoms with van der Waals surface area (Å²) in [6.45, 7) is 11.3. The first-order valence-electron chi connectivity index (χ1n) is 9.76. The van der Waals surface area contributed by atoms with E-state index in [1.165, 1.54) is 17.1 Å². The van der Waals surface area contributed by atoms with E-state index in [4.69, 9.17) is 14.2 Å². The highest BCUT2D eigenvalue weighted by Gasteiger charge is 2.45. The third kappa shape index (κ3) is 3.83. The summed E-state index contributed by atoms with van der Waals surface area (Å²) in [7, 11) is 0.382. The van der Waals surface area contributed by atoms with Crippen molar-refractivity contribution in [2.45, 2.75) is 38.9 Å². The quantitative estimate of drug-likeness (QED) is 0.537. The summed E-state index contributed by atoms with van der Waals surface area (Å²) in [5.41, 5.74) is 1.58. The normalized spacial score (nSPS) is 19.3. The van der Waals surface area contributed by atoms with Crippen LogP contribution in [-0.4, -0.2) is 30.0 Å². The molecule has 0 aromatic heterocycles. The highest BCUT2D eigenvalue weighted by Crippen LogP contribution is 2.47. The Bertz CT molecular complexity index is 806. The van der Waals surface area contributed by atoms with Gasteiger partial charge in [0.05, 0.1) is 13.2 Å². The number of rotatable bonds is 3. The standard InChI is InChI=1S/C23H29O3S/c1-16(22(23(2,3)4)27-13-11-24-12-14-27)17-9-10-20-21(15-17)26-19-8-6-5-7-18(19)25-20/h5-10,15-16,22H,11-14H2,1-4H3/q+1. The summed E-state index contributed by atoms with van der Waals surface area (Å²) in [6, 6.07) is 14.3. The van der Waals surface area contributed by atoms with Gasteiger partial charge in [-0.1, -0.05) is 45.9 Å². The molecule has 0 bridgehead atoms. The van der Waals surface area contributed by atoms with Crippen LogP contribution in [0.3, 0.4) is 0 Å². The Morgan fingerprint density at radius 1 is 0.852 bits per heavy atom. The molecular formula is C23H29O3S+. The average molecular weight is 386 g/mol. The number of hydrogen-bond acceptors (Lipinski definition) is 3. The number of benzene rings is 2. The molecule has 3 nitrogen and oxygen atoms in total. The van der Waals surface area contributed by atoms with Gasteiger partial charge in [-0.15, -0.1) is 0 Å². The van der Waals surface area contributed by atoms with Gasteiger partial charge in [-0.3, -0.25) is 0 Å². The van der Waals surface area contributed by atoms with E-state index in [1.807, 2.05) is 24.3 Å². The first-order valence-corrected chi connectivity index (χ1v) is 11.4. The monoisotopic (exact) mass is 385 g/mol. The molecule has 0 N–H and O–H groups in total. The second kappa shape index (κ2) is 7.40. The Hall–Kier alpha value is -1.65. The number of ether oxygens (including phenoxy) is 3. The van der Waals surface area contributed by atoms with Crippen molar-refractivity contribution in [1.82, 2.24) is 0 Å². The molecule has 27 heavy (non-hydrogen) atoms. The van der Waals surface area contributed by atoms with Gasteiger partial charge in [0, 0.05) is 11.3 Å². The summed E-state index contributed by atoms with van der Waals surface area (Å²) in [5, 5.41) is 0.622. The molecule has 4 rings (SSSR count). The molecule has 1 fully saturated rings. The van der Waals surface area contributed by atoms with Crippen molar-refractivity contribution in [2.75, 3.05) is 24.7 Å². The summed E-state index contributed by atoms with van der Waals surface area (Å²) in [4.78, 5) is 0. The van der Waals surface area contributed by atoms with Crippen molar-refractivity contribution in [3.8, 4) is 23.0 Å². The number of hydrogen-bond donors (Lipinski definition) is 0. The van der Waals surface area contributed by atoms with Gasteiger partial charge in [-0.2, -0.15) is 0 Å². The molecule has 2 aliphatic rings. The maximum Gasteiger partial charge on any atom is 0.170 e. The minimum Gasteiger partial charge on any atom is -0.450 e. The van der Waals surface area contributed by atoms with Gasteiger partial charge in [-0.05, 0) is 40.7 Å². The molecule has 4 heteroatoms. The molecule has 2 atom stereocenters. The fraction of sp³-hybridized carbons (Fsp3) is 0.478. The van der Waals surface area contributed by atoms with E-state index < -0.39 is 0 Å². The van der Waals surface area contributed by atoms with Crippen molar-refractivity contribution in [2.24, 2.45) is 5.41 Å². The Balaban J connectivity index is 1.62. The van der Waals surface area contributed by atoms with Crippen LogP contribution in [0, 0.1) is 5.41 Å². The van der Waals surface area contributed by atoms with Crippen LogP contribution in [0.15, 0.2) is 42.5 Å². The molecule has 0 radical (unpaired) electrons. The van der Waals surface area contributed by atoms with Crippen LogP contribution in [0.5, 0.6) is 23.0 Å². The fourth-order valence-electron chi connectivity index (χ4n) is 4.33. The molecule has 0 aliphatic carbocycles. The van der Waals surface area contributed by atoms with E-state index in [9.17, 15) is 0 Å². The second-order valence-electron chi connectivity index (χ2n) is 8.49. The molecule has 0 amide bonds. The highest BCUT2D eigenvalue weighted by atomic mass is 32.2. The van der Waals surface area contributed by atoms with E-state index in [2.05, 4.69) is 45.9 Å². The lowest BCUT2D eigenvalue weighted by molar-refractivity contribution is 0.158. The topological polar surface area (TPSA) is 27.7 Å². The zero-order valence-corrected chi connectivity index (χ0v) is 17.5.